The number of nitro benzene ring substituents is 1. The summed E-state index contributed by atoms with van der Waals surface area (Å²) in [5, 5.41) is 11.0. The van der Waals surface area contributed by atoms with Gasteiger partial charge in [-0.05, 0) is 29.7 Å². The van der Waals surface area contributed by atoms with Crippen molar-refractivity contribution in [2.24, 2.45) is 5.92 Å². The van der Waals surface area contributed by atoms with Crippen LogP contribution in [0.1, 0.15) is 30.7 Å². The Bertz CT molecular complexity index is 809. The average molecular weight is 384 g/mol. The number of carbonyl (C=O) groups excluding carboxylic acids is 1. The molecule has 0 bridgehead atoms. The molecule has 0 N–H and O–H groups in total. The molecule has 0 spiro atoms. The highest BCUT2D eigenvalue weighted by atomic mass is 16.6. The van der Waals surface area contributed by atoms with Gasteiger partial charge in [0.1, 0.15) is 6.23 Å². The molecule has 0 saturated carbocycles. The quantitative estimate of drug-likeness (QED) is 0.429. The summed E-state index contributed by atoms with van der Waals surface area (Å²) in [6.07, 6.45) is -0.00544. The Morgan fingerprint density at radius 3 is 2.46 bits per heavy atom. The van der Waals surface area contributed by atoms with Gasteiger partial charge in [-0.1, -0.05) is 37.3 Å². The van der Waals surface area contributed by atoms with E-state index in [0.717, 1.165) is 11.1 Å². The van der Waals surface area contributed by atoms with E-state index in [1.165, 1.54) is 19.2 Å². The Morgan fingerprint density at radius 1 is 1.21 bits per heavy atom. The number of benzene rings is 2. The second kappa shape index (κ2) is 8.95. The van der Waals surface area contributed by atoms with Crippen LogP contribution in [0.4, 0.5) is 5.69 Å². The smallest absolute Gasteiger partial charge is 0.312 e. The predicted molar refractivity (Wildman–Crippen MR) is 103 cm³/mol. The van der Waals surface area contributed by atoms with E-state index in [1.54, 1.807) is 12.1 Å². The summed E-state index contributed by atoms with van der Waals surface area (Å²) in [6.45, 7) is 3.05. The third-order valence-electron chi connectivity index (χ3n) is 5.04. The van der Waals surface area contributed by atoms with Crippen molar-refractivity contribution in [1.29, 1.82) is 0 Å². The Kier molecular flexibility index (Phi) is 6.38. The van der Waals surface area contributed by atoms with Crippen LogP contribution in [0, 0.1) is 16.0 Å². The van der Waals surface area contributed by atoms with Gasteiger partial charge in [-0.15, -0.1) is 0 Å². The number of nitrogens with zero attached hydrogens (tertiary/aromatic N) is 2. The standard InChI is InChI=1S/C21H24N2O5/c1-3-19-18(21(24)27-2)14-22(13-15-7-5-4-6-8-15)20(28-19)16-9-11-17(12-10-16)23(25)26/h4-12,18-20H,3,13-14H2,1-2H3/t18-,19+,20?/m0/s1. The lowest BCUT2D eigenvalue weighted by Gasteiger charge is -2.43. The number of methoxy groups -OCH3 is 1. The maximum absolute atomic E-state index is 12.3. The molecule has 1 aliphatic heterocycles. The van der Waals surface area contributed by atoms with E-state index in [-0.39, 0.29) is 23.7 Å². The highest BCUT2D eigenvalue weighted by molar-refractivity contribution is 5.73. The Labute approximate surface area is 164 Å². The average Bonchev–Trinajstić information content (AvgIpc) is 2.73. The fraction of sp³-hybridized carbons (Fsp3) is 0.381. The second-order valence-electron chi connectivity index (χ2n) is 6.83. The predicted octanol–water partition coefficient (Wildman–Crippen LogP) is 3.69. The molecule has 0 amide bonds. The van der Waals surface area contributed by atoms with Gasteiger partial charge in [-0.25, -0.2) is 0 Å². The summed E-state index contributed by atoms with van der Waals surface area (Å²) >= 11 is 0. The van der Waals surface area contributed by atoms with Crippen molar-refractivity contribution in [3.63, 3.8) is 0 Å². The third-order valence-corrected chi connectivity index (χ3v) is 5.04. The number of hydrogen-bond donors (Lipinski definition) is 0. The first kappa shape index (κ1) is 20.0. The molecule has 7 heteroatoms. The molecule has 0 aromatic heterocycles. The van der Waals surface area contributed by atoms with Crippen molar-refractivity contribution in [1.82, 2.24) is 4.90 Å². The van der Waals surface area contributed by atoms with Gasteiger partial charge in [0.15, 0.2) is 0 Å². The highest BCUT2D eigenvalue weighted by Crippen LogP contribution is 2.35. The maximum Gasteiger partial charge on any atom is 0.312 e. The normalized spacial score (nSPS) is 22.6. The number of nitro groups is 1. The molecular weight excluding hydrogens is 360 g/mol. The van der Waals surface area contributed by atoms with Gasteiger partial charge in [0.2, 0.25) is 0 Å². The van der Waals surface area contributed by atoms with E-state index in [4.69, 9.17) is 9.47 Å². The lowest BCUT2D eigenvalue weighted by atomic mass is 9.95. The number of esters is 1. The van der Waals surface area contributed by atoms with Gasteiger partial charge in [0.05, 0.1) is 24.1 Å². The van der Waals surface area contributed by atoms with Crippen LogP contribution in [0.2, 0.25) is 0 Å². The fourth-order valence-corrected chi connectivity index (χ4v) is 3.59. The molecule has 3 atom stereocenters. The molecule has 28 heavy (non-hydrogen) atoms. The number of hydrogen-bond acceptors (Lipinski definition) is 6. The Balaban J connectivity index is 1.91. The van der Waals surface area contributed by atoms with Crippen molar-refractivity contribution in [3.05, 3.63) is 75.8 Å². The molecule has 0 aliphatic carbocycles. The molecule has 148 valence electrons. The van der Waals surface area contributed by atoms with Crippen molar-refractivity contribution in [3.8, 4) is 0 Å². The van der Waals surface area contributed by atoms with Crippen molar-refractivity contribution >= 4 is 11.7 Å². The Hall–Kier alpha value is -2.77. The summed E-state index contributed by atoms with van der Waals surface area (Å²) in [6, 6.07) is 16.3. The van der Waals surface area contributed by atoms with E-state index >= 15 is 0 Å². The number of rotatable bonds is 6. The van der Waals surface area contributed by atoms with Crippen LogP contribution in [0.3, 0.4) is 0 Å². The fourth-order valence-electron chi connectivity index (χ4n) is 3.59. The van der Waals surface area contributed by atoms with Crippen LogP contribution in [0.25, 0.3) is 0 Å². The van der Waals surface area contributed by atoms with Gasteiger partial charge in [-0.2, -0.15) is 0 Å². The topological polar surface area (TPSA) is 81.9 Å². The summed E-state index contributed by atoms with van der Waals surface area (Å²) in [5.41, 5.74) is 1.95. The molecule has 1 heterocycles. The summed E-state index contributed by atoms with van der Waals surface area (Å²) in [5.74, 6) is -0.667. The molecule has 1 aliphatic rings. The monoisotopic (exact) mass is 384 g/mol. The first-order valence-corrected chi connectivity index (χ1v) is 9.29. The van der Waals surface area contributed by atoms with Crippen LogP contribution in [0.15, 0.2) is 54.6 Å². The zero-order valence-corrected chi connectivity index (χ0v) is 16.0. The van der Waals surface area contributed by atoms with Gasteiger partial charge < -0.3 is 9.47 Å². The molecule has 2 aromatic carbocycles. The lowest BCUT2D eigenvalue weighted by molar-refractivity contribution is -0.384. The molecule has 7 nitrogen and oxygen atoms in total. The van der Waals surface area contributed by atoms with Gasteiger partial charge >= 0.3 is 5.97 Å². The van der Waals surface area contributed by atoms with Gasteiger partial charge in [0, 0.05) is 25.2 Å². The molecule has 1 fully saturated rings. The van der Waals surface area contributed by atoms with Crippen LogP contribution in [-0.4, -0.2) is 35.6 Å². The number of non-ortho nitro benzene ring substituents is 1. The van der Waals surface area contributed by atoms with E-state index in [0.29, 0.717) is 19.5 Å². The summed E-state index contributed by atoms with van der Waals surface area (Å²) in [4.78, 5) is 24.9. The van der Waals surface area contributed by atoms with E-state index in [9.17, 15) is 14.9 Å². The zero-order valence-electron chi connectivity index (χ0n) is 16.0. The van der Waals surface area contributed by atoms with Crippen LogP contribution < -0.4 is 0 Å². The second-order valence-corrected chi connectivity index (χ2v) is 6.83. The summed E-state index contributed by atoms with van der Waals surface area (Å²) in [7, 11) is 1.39. The lowest BCUT2D eigenvalue weighted by Crippen LogP contribution is -2.49. The van der Waals surface area contributed by atoms with Crippen LogP contribution in [0.5, 0.6) is 0 Å². The first-order valence-electron chi connectivity index (χ1n) is 9.29. The zero-order chi connectivity index (χ0) is 20.1. The largest absolute Gasteiger partial charge is 0.469 e. The van der Waals surface area contributed by atoms with Crippen molar-refractivity contribution < 1.29 is 19.2 Å². The van der Waals surface area contributed by atoms with E-state index in [2.05, 4.69) is 4.90 Å². The SMILES string of the molecule is CC[C@H]1OC(c2ccc([N+](=O)[O-])cc2)N(Cc2ccccc2)C[C@@H]1C(=O)OC. The number of ether oxygens (including phenoxy) is 2. The molecule has 2 aromatic rings. The maximum atomic E-state index is 12.3. The van der Waals surface area contributed by atoms with Gasteiger partial charge in [0.25, 0.3) is 5.69 Å². The van der Waals surface area contributed by atoms with E-state index in [1.807, 2.05) is 37.3 Å². The minimum atomic E-state index is -0.421. The van der Waals surface area contributed by atoms with Crippen molar-refractivity contribution in [2.45, 2.75) is 32.2 Å². The number of carbonyl (C=O) groups is 1. The molecule has 0 radical (unpaired) electrons. The van der Waals surface area contributed by atoms with Crippen molar-refractivity contribution in [2.75, 3.05) is 13.7 Å². The van der Waals surface area contributed by atoms with E-state index < -0.39 is 11.2 Å². The molecular formula is C21H24N2O5. The first-order chi connectivity index (χ1) is 13.5. The minimum absolute atomic E-state index is 0.0358. The Morgan fingerprint density at radius 2 is 1.89 bits per heavy atom. The van der Waals surface area contributed by atoms with Crippen LogP contribution >= 0.6 is 0 Å². The third kappa shape index (κ3) is 4.37. The molecule has 3 rings (SSSR count). The molecule has 1 unspecified atom stereocenters. The van der Waals surface area contributed by atoms with Gasteiger partial charge in [-0.3, -0.25) is 19.8 Å². The minimum Gasteiger partial charge on any atom is -0.469 e. The summed E-state index contributed by atoms with van der Waals surface area (Å²) < 4.78 is 11.3. The van der Waals surface area contributed by atoms with Crippen LogP contribution in [-0.2, 0) is 20.8 Å². The highest BCUT2D eigenvalue weighted by Gasteiger charge is 2.40. The molecule has 1 saturated heterocycles.